The van der Waals surface area contributed by atoms with Crippen molar-refractivity contribution in [2.75, 3.05) is 6.54 Å². The van der Waals surface area contributed by atoms with Crippen LogP contribution in [0, 0.1) is 0 Å². The van der Waals surface area contributed by atoms with Crippen LogP contribution in [0.15, 0.2) is 43.0 Å². The van der Waals surface area contributed by atoms with Crippen LogP contribution in [-0.4, -0.2) is 23.4 Å². The fourth-order valence-electron chi connectivity index (χ4n) is 2.04. The molecule has 0 spiro atoms. The van der Waals surface area contributed by atoms with E-state index < -0.39 is 0 Å². The summed E-state index contributed by atoms with van der Waals surface area (Å²) in [5, 5.41) is 0. The molecule has 1 amide bonds. The first-order chi connectivity index (χ1) is 7.33. The Bertz CT molecular complexity index is 358. The van der Waals surface area contributed by atoms with Crippen LogP contribution in [-0.2, 0) is 0 Å². The van der Waals surface area contributed by atoms with Crippen LogP contribution in [0.4, 0.5) is 0 Å². The Labute approximate surface area is 90.2 Å². The predicted molar refractivity (Wildman–Crippen MR) is 60.7 cm³/mol. The molecule has 1 aliphatic heterocycles. The molecule has 1 aromatic carbocycles. The van der Waals surface area contributed by atoms with Gasteiger partial charge in [0.25, 0.3) is 5.91 Å². The van der Waals surface area contributed by atoms with Crippen molar-refractivity contribution < 1.29 is 4.79 Å². The molecule has 1 atom stereocenters. The van der Waals surface area contributed by atoms with E-state index in [1.54, 1.807) is 0 Å². The van der Waals surface area contributed by atoms with Gasteiger partial charge in [0.05, 0.1) is 6.04 Å². The number of hydrogen-bond acceptors (Lipinski definition) is 1. The third-order valence-corrected chi connectivity index (χ3v) is 2.85. The maximum Gasteiger partial charge on any atom is 0.254 e. The molecule has 1 heterocycles. The Kier molecular flexibility index (Phi) is 2.86. The highest BCUT2D eigenvalue weighted by atomic mass is 16.2. The third kappa shape index (κ3) is 1.94. The quantitative estimate of drug-likeness (QED) is 0.673. The number of likely N-dealkylation sites (tertiary alicyclic amines) is 1. The van der Waals surface area contributed by atoms with Crippen molar-refractivity contribution in [3.63, 3.8) is 0 Å². The van der Waals surface area contributed by atoms with Crippen LogP contribution in [0.3, 0.4) is 0 Å². The second-order valence-corrected chi connectivity index (χ2v) is 3.81. The van der Waals surface area contributed by atoms with Crippen molar-refractivity contribution in [3.05, 3.63) is 48.6 Å². The van der Waals surface area contributed by atoms with Crippen LogP contribution in [0.25, 0.3) is 0 Å². The van der Waals surface area contributed by atoms with Crippen molar-refractivity contribution in [2.45, 2.75) is 18.9 Å². The van der Waals surface area contributed by atoms with Gasteiger partial charge in [0.2, 0.25) is 0 Å². The van der Waals surface area contributed by atoms with Crippen LogP contribution >= 0.6 is 0 Å². The summed E-state index contributed by atoms with van der Waals surface area (Å²) in [6.07, 6.45) is 3.99. The zero-order valence-electron chi connectivity index (χ0n) is 8.73. The van der Waals surface area contributed by atoms with Crippen molar-refractivity contribution >= 4 is 5.91 Å². The van der Waals surface area contributed by atoms with E-state index in [0.29, 0.717) is 0 Å². The first-order valence-electron chi connectivity index (χ1n) is 5.31. The fourth-order valence-corrected chi connectivity index (χ4v) is 2.04. The maximum atomic E-state index is 12.1. The molecule has 2 heteroatoms. The average molecular weight is 201 g/mol. The summed E-state index contributed by atoms with van der Waals surface area (Å²) < 4.78 is 0. The Morgan fingerprint density at radius 1 is 1.40 bits per heavy atom. The zero-order chi connectivity index (χ0) is 10.7. The van der Waals surface area contributed by atoms with E-state index in [1.165, 1.54) is 0 Å². The summed E-state index contributed by atoms with van der Waals surface area (Å²) in [7, 11) is 0. The molecule has 1 fully saturated rings. The number of hydrogen-bond donors (Lipinski definition) is 0. The van der Waals surface area contributed by atoms with Crippen molar-refractivity contribution in [1.29, 1.82) is 0 Å². The van der Waals surface area contributed by atoms with Gasteiger partial charge in [-0.15, -0.1) is 6.58 Å². The Morgan fingerprint density at radius 2 is 2.13 bits per heavy atom. The monoisotopic (exact) mass is 201 g/mol. The predicted octanol–water partition coefficient (Wildman–Crippen LogP) is 2.48. The number of carbonyl (C=O) groups is 1. The maximum absolute atomic E-state index is 12.1. The summed E-state index contributed by atoms with van der Waals surface area (Å²) in [6.45, 7) is 4.63. The molecule has 2 nitrogen and oxygen atoms in total. The lowest BCUT2D eigenvalue weighted by Crippen LogP contribution is -2.34. The number of nitrogens with zero attached hydrogens (tertiary/aromatic N) is 1. The van der Waals surface area contributed by atoms with Gasteiger partial charge in [0.1, 0.15) is 0 Å². The first kappa shape index (κ1) is 9.97. The van der Waals surface area contributed by atoms with E-state index in [-0.39, 0.29) is 11.9 Å². The van der Waals surface area contributed by atoms with Crippen molar-refractivity contribution in [1.82, 2.24) is 4.90 Å². The molecule has 1 saturated heterocycles. The summed E-state index contributed by atoms with van der Waals surface area (Å²) in [4.78, 5) is 14.0. The van der Waals surface area contributed by atoms with Gasteiger partial charge in [0, 0.05) is 12.1 Å². The van der Waals surface area contributed by atoms with Gasteiger partial charge in [-0.25, -0.2) is 0 Å². The van der Waals surface area contributed by atoms with E-state index in [0.717, 1.165) is 24.9 Å². The van der Waals surface area contributed by atoms with Gasteiger partial charge in [-0.2, -0.15) is 0 Å². The molecular weight excluding hydrogens is 186 g/mol. The van der Waals surface area contributed by atoms with Gasteiger partial charge in [0.15, 0.2) is 0 Å². The highest BCUT2D eigenvalue weighted by molar-refractivity contribution is 5.94. The molecule has 0 saturated carbocycles. The van der Waals surface area contributed by atoms with Crippen LogP contribution in [0.2, 0.25) is 0 Å². The second kappa shape index (κ2) is 4.30. The van der Waals surface area contributed by atoms with Gasteiger partial charge in [-0.3, -0.25) is 4.79 Å². The highest BCUT2D eigenvalue weighted by Gasteiger charge is 2.26. The van der Waals surface area contributed by atoms with E-state index in [9.17, 15) is 4.79 Å². The standard InChI is InChI=1S/C13H15NO/c1-2-12-9-6-10-14(12)13(15)11-7-4-3-5-8-11/h2-5,7-8,12H,1,6,9-10H2/t12-/m1/s1. The topological polar surface area (TPSA) is 20.3 Å². The lowest BCUT2D eigenvalue weighted by Gasteiger charge is -2.21. The minimum absolute atomic E-state index is 0.123. The average Bonchev–Trinajstić information content (AvgIpc) is 2.77. The first-order valence-corrected chi connectivity index (χ1v) is 5.31. The van der Waals surface area contributed by atoms with E-state index in [2.05, 4.69) is 6.58 Å². The minimum Gasteiger partial charge on any atom is -0.332 e. The van der Waals surface area contributed by atoms with Crippen molar-refractivity contribution in [3.8, 4) is 0 Å². The van der Waals surface area contributed by atoms with Gasteiger partial charge < -0.3 is 4.90 Å². The van der Waals surface area contributed by atoms with Crippen LogP contribution in [0.1, 0.15) is 23.2 Å². The molecule has 0 aliphatic carbocycles. The highest BCUT2D eigenvalue weighted by Crippen LogP contribution is 2.20. The van der Waals surface area contributed by atoms with Gasteiger partial charge in [-0.05, 0) is 25.0 Å². The smallest absolute Gasteiger partial charge is 0.254 e. The largest absolute Gasteiger partial charge is 0.332 e. The second-order valence-electron chi connectivity index (χ2n) is 3.81. The zero-order valence-corrected chi connectivity index (χ0v) is 8.73. The molecule has 78 valence electrons. The Morgan fingerprint density at radius 3 is 2.80 bits per heavy atom. The van der Waals surface area contributed by atoms with Crippen molar-refractivity contribution in [2.24, 2.45) is 0 Å². The number of carbonyl (C=O) groups excluding carboxylic acids is 1. The third-order valence-electron chi connectivity index (χ3n) is 2.85. The summed E-state index contributed by atoms with van der Waals surface area (Å²) in [6, 6.07) is 9.66. The molecule has 0 unspecified atom stereocenters. The number of amides is 1. The van der Waals surface area contributed by atoms with E-state index in [1.807, 2.05) is 41.3 Å². The normalized spacial score (nSPS) is 20.3. The number of rotatable bonds is 2. The minimum atomic E-state index is 0.123. The molecule has 0 radical (unpaired) electrons. The molecule has 0 bridgehead atoms. The Hall–Kier alpha value is -1.57. The van der Waals surface area contributed by atoms with E-state index in [4.69, 9.17) is 0 Å². The van der Waals surface area contributed by atoms with Gasteiger partial charge >= 0.3 is 0 Å². The van der Waals surface area contributed by atoms with Gasteiger partial charge in [-0.1, -0.05) is 24.3 Å². The lowest BCUT2D eigenvalue weighted by molar-refractivity contribution is 0.0762. The number of benzene rings is 1. The SMILES string of the molecule is C=C[C@@H]1CCCN1C(=O)c1ccccc1. The molecule has 2 rings (SSSR count). The molecule has 0 N–H and O–H groups in total. The van der Waals surface area contributed by atoms with Crippen LogP contribution in [0.5, 0.6) is 0 Å². The van der Waals surface area contributed by atoms with Crippen LogP contribution < -0.4 is 0 Å². The van der Waals surface area contributed by atoms with E-state index >= 15 is 0 Å². The summed E-state index contributed by atoms with van der Waals surface area (Å²) in [5.74, 6) is 0.123. The molecule has 15 heavy (non-hydrogen) atoms. The molecule has 0 aromatic heterocycles. The molecule has 1 aromatic rings. The molecule has 1 aliphatic rings. The fraction of sp³-hybridized carbons (Fsp3) is 0.308. The Balaban J connectivity index is 2.18. The molecular formula is C13H15NO. The lowest BCUT2D eigenvalue weighted by atomic mass is 10.1. The summed E-state index contributed by atoms with van der Waals surface area (Å²) >= 11 is 0. The summed E-state index contributed by atoms with van der Waals surface area (Å²) in [5.41, 5.74) is 0.770.